The molecule has 1 saturated heterocycles. The highest BCUT2D eigenvalue weighted by molar-refractivity contribution is 5.07. The van der Waals surface area contributed by atoms with Crippen molar-refractivity contribution in [3.63, 3.8) is 0 Å². The van der Waals surface area contributed by atoms with Gasteiger partial charge in [-0.05, 0) is 0 Å². The summed E-state index contributed by atoms with van der Waals surface area (Å²) in [5.41, 5.74) is -8.20. The molecule has 144 valence electrons. The molecule has 0 aromatic rings. The fourth-order valence-corrected chi connectivity index (χ4v) is 1.94. The Balaban J connectivity index is 3.31. The van der Waals surface area contributed by atoms with Crippen LogP contribution in [0.15, 0.2) is 0 Å². The van der Waals surface area contributed by atoms with Gasteiger partial charge in [0.25, 0.3) is 5.85 Å². The lowest BCUT2D eigenvalue weighted by Crippen LogP contribution is -2.68. The van der Waals surface area contributed by atoms with Gasteiger partial charge in [0.15, 0.2) is 0 Å². The van der Waals surface area contributed by atoms with Gasteiger partial charge in [-0.3, -0.25) is 0 Å². The second-order valence-electron chi connectivity index (χ2n) is 5.77. The summed E-state index contributed by atoms with van der Waals surface area (Å²) >= 11 is 0. The van der Waals surface area contributed by atoms with E-state index in [0.29, 0.717) is 0 Å². The lowest BCUT2D eigenvalue weighted by molar-refractivity contribution is -0.430. The Morgan fingerprint density at radius 2 is 1.25 bits per heavy atom. The summed E-state index contributed by atoms with van der Waals surface area (Å²) in [6.45, 7) is -0.818. The summed E-state index contributed by atoms with van der Waals surface area (Å²) in [6.07, 6.45) is -23.4. The van der Waals surface area contributed by atoms with E-state index in [4.69, 9.17) is 0 Å². The maximum Gasteiger partial charge on any atom is 0.437 e. The third-order valence-electron chi connectivity index (χ3n) is 3.27. The molecule has 1 fully saturated rings. The maximum absolute atomic E-state index is 14.2. The first-order chi connectivity index (χ1) is 10.4. The highest BCUT2D eigenvalue weighted by Crippen LogP contribution is 2.57. The Labute approximate surface area is 127 Å². The molecule has 0 spiro atoms. The Morgan fingerprint density at radius 3 is 1.50 bits per heavy atom. The lowest BCUT2D eigenvalue weighted by Gasteiger charge is -2.44. The van der Waals surface area contributed by atoms with Gasteiger partial charge in [-0.15, -0.1) is 0 Å². The van der Waals surface area contributed by atoms with E-state index in [1.54, 1.807) is 0 Å². The van der Waals surface area contributed by atoms with Crippen LogP contribution in [0.4, 0.5) is 48.3 Å². The molecule has 0 aromatic carbocycles. The quantitative estimate of drug-likeness (QED) is 0.651. The van der Waals surface area contributed by atoms with Crippen molar-refractivity contribution in [2.45, 2.75) is 43.4 Å². The molecular weight excluding hydrogens is 373 g/mol. The number of halogens is 11. The molecule has 1 aliphatic rings. The summed E-state index contributed by atoms with van der Waals surface area (Å²) in [7, 11) is 0. The second kappa shape index (κ2) is 5.85. The van der Waals surface area contributed by atoms with Crippen LogP contribution in [-0.2, 0) is 9.47 Å². The van der Waals surface area contributed by atoms with Crippen LogP contribution in [0.25, 0.3) is 0 Å². The summed E-state index contributed by atoms with van der Waals surface area (Å²) in [5, 5.41) is 0. The smallest absolute Gasteiger partial charge is 0.380 e. The van der Waals surface area contributed by atoms with Crippen molar-refractivity contribution in [1.29, 1.82) is 0 Å². The number of hydrogen-bond donors (Lipinski definition) is 0. The van der Waals surface area contributed by atoms with E-state index in [9.17, 15) is 48.3 Å². The van der Waals surface area contributed by atoms with Gasteiger partial charge >= 0.3 is 24.2 Å². The number of hydrogen-bond acceptors (Lipinski definition) is 2. The van der Waals surface area contributed by atoms with Gasteiger partial charge in [0, 0.05) is 5.41 Å². The van der Waals surface area contributed by atoms with Crippen molar-refractivity contribution in [2.24, 2.45) is 5.41 Å². The summed E-state index contributed by atoms with van der Waals surface area (Å²) < 4.78 is 149. The zero-order chi connectivity index (χ0) is 19.2. The van der Waals surface area contributed by atoms with Gasteiger partial charge in [0.1, 0.15) is 6.42 Å². The molecule has 0 N–H and O–H groups in total. The van der Waals surface area contributed by atoms with Crippen molar-refractivity contribution in [3.8, 4) is 0 Å². The Morgan fingerprint density at radius 1 is 0.833 bits per heavy atom. The van der Waals surface area contributed by atoms with E-state index in [0.717, 1.165) is 6.92 Å². The zero-order valence-corrected chi connectivity index (χ0v) is 11.8. The molecule has 0 bridgehead atoms. The topological polar surface area (TPSA) is 18.5 Å². The Kier molecular flexibility index (Phi) is 5.17. The molecule has 1 heterocycles. The van der Waals surface area contributed by atoms with Gasteiger partial charge in [0.05, 0.1) is 19.8 Å². The van der Waals surface area contributed by atoms with Crippen LogP contribution < -0.4 is 0 Å². The molecule has 1 unspecified atom stereocenters. The Bertz CT molecular complexity index is 434. The van der Waals surface area contributed by atoms with Gasteiger partial charge < -0.3 is 9.47 Å². The third-order valence-corrected chi connectivity index (χ3v) is 3.27. The summed E-state index contributed by atoms with van der Waals surface area (Å²) in [4.78, 5) is 0. The van der Waals surface area contributed by atoms with Gasteiger partial charge in [-0.1, -0.05) is 6.92 Å². The highest BCUT2D eigenvalue weighted by Gasteiger charge is 2.85. The van der Waals surface area contributed by atoms with Crippen LogP contribution in [0.3, 0.4) is 0 Å². The predicted octanol–water partition coefficient (Wildman–Crippen LogP) is 4.49. The van der Waals surface area contributed by atoms with Crippen LogP contribution in [0.2, 0.25) is 0 Å². The van der Waals surface area contributed by atoms with Crippen molar-refractivity contribution in [1.82, 2.24) is 0 Å². The minimum Gasteiger partial charge on any atom is -0.380 e. The first kappa shape index (κ1) is 21.2. The summed E-state index contributed by atoms with van der Waals surface area (Å²) in [6, 6.07) is 0. The van der Waals surface area contributed by atoms with Gasteiger partial charge in [-0.25, -0.2) is 8.78 Å². The monoisotopic (exact) mass is 384 g/mol. The maximum atomic E-state index is 14.2. The van der Waals surface area contributed by atoms with Crippen molar-refractivity contribution in [3.05, 3.63) is 0 Å². The molecule has 0 amide bonds. The zero-order valence-electron chi connectivity index (χ0n) is 11.8. The molecule has 2 nitrogen and oxygen atoms in total. The fourth-order valence-electron chi connectivity index (χ4n) is 1.94. The molecule has 1 rings (SSSR count). The molecule has 24 heavy (non-hydrogen) atoms. The standard InChI is InChI=1S/C11H11F11O2/c1-6(3-23-4-6)5-24-7(12,2-8(13,14)15)9(16,10(17,18)19)11(20,21)22/h2-5H2,1H3. The molecular formula is C11H11F11O2. The average molecular weight is 384 g/mol. The van der Waals surface area contributed by atoms with Crippen molar-refractivity contribution in [2.75, 3.05) is 19.8 Å². The SMILES string of the molecule is CC1(COC(F)(CC(F)(F)F)C(F)(C(F)(F)F)C(F)(F)F)COC1. The first-order valence-electron chi connectivity index (χ1n) is 6.17. The fraction of sp³-hybridized carbons (Fsp3) is 1.00. The number of alkyl halides is 11. The van der Waals surface area contributed by atoms with Crippen LogP contribution in [0.1, 0.15) is 13.3 Å². The molecule has 0 aromatic heterocycles. The molecule has 0 aliphatic carbocycles. The van der Waals surface area contributed by atoms with E-state index in [1.807, 2.05) is 0 Å². The molecule has 0 radical (unpaired) electrons. The number of rotatable bonds is 5. The molecule has 13 heteroatoms. The average Bonchev–Trinajstić information content (AvgIpc) is 2.28. The molecule has 1 aliphatic heterocycles. The Hall–Kier alpha value is -0.850. The van der Waals surface area contributed by atoms with Crippen LogP contribution in [0.5, 0.6) is 0 Å². The van der Waals surface area contributed by atoms with Crippen LogP contribution in [-0.4, -0.2) is 49.9 Å². The normalized spacial score (nSPS) is 22.0. The minimum absolute atomic E-state index is 0.313. The van der Waals surface area contributed by atoms with Crippen molar-refractivity contribution < 1.29 is 57.8 Å². The van der Waals surface area contributed by atoms with Crippen molar-refractivity contribution >= 4 is 0 Å². The second-order valence-corrected chi connectivity index (χ2v) is 5.77. The first-order valence-corrected chi connectivity index (χ1v) is 6.17. The molecule has 1 atom stereocenters. The van der Waals surface area contributed by atoms with Gasteiger partial charge in [0.2, 0.25) is 0 Å². The minimum atomic E-state index is -7.04. The molecule has 0 saturated carbocycles. The highest BCUT2D eigenvalue weighted by atomic mass is 19.4. The van der Waals surface area contributed by atoms with E-state index in [-0.39, 0.29) is 13.2 Å². The van der Waals surface area contributed by atoms with Gasteiger partial charge in [-0.2, -0.15) is 39.5 Å². The predicted molar refractivity (Wildman–Crippen MR) is 55.3 cm³/mol. The van der Waals surface area contributed by atoms with Crippen LogP contribution >= 0.6 is 0 Å². The van der Waals surface area contributed by atoms with E-state index in [1.165, 1.54) is 0 Å². The van der Waals surface area contributed by atoms with E-state index >= 15 is 0 Å². The largest absolute Gasteiger partial charge is 0.437 e. The van der Waals surface area contributed by atoms with E-state index in [2.05, 4.69) is 9.47 Å². The number of ether oxygens (including phenoxy) is 2. The van der Waals surface area contributed by atoms with Crippen LogP contribution in [0, 0.1) is 5.41 Å². The summed E-state index contributed by atoms with van der Waals surface area (Å²) in [5.74, 6) is -5.75. The van der Waals surface area contributed by atoms with E-state index < -0.39 is 48.5 Å². The third kappa shape index (κ3) is 3.86. The lowest BCUT2D eigenvalue weighted by atomic mass is 9.88.